The lowest BCUT2D eigenvalue weighted by Gasteiger charge is -2.29. The van der Waals surface area contributed by atoms with Gasteiger partial charge in [-0.05, 0) is 26.0 Å². The van der Waals surface area contributed by atoms with Crippen LogP contribution in [0, 0.1) is 0 Å². The first kappa shape index (κ1) is 11.2. The van der Waals surface area contributed by atoms with Crippen LogP contribution in [0.2, 0.25) is 0 Å². The van der Waals surface area contributed by atoms with Gasteiger partial charge >= 0.3 is 0 Å². The second-order valence-corrected chi connectivity index (χ2v) is 4.14. The second kappa shape index (κ2) is 5.14. The molecule has 1 aromatic rings. The van der Waals surface area contributed by atoms with Crippen molar-refractivity contribution in [1.29, 1.82) is 0 Å². The van der Waals surface area contributed by atoms with Gasteiger partial charge in [-0.25, -0.2) is 10.8 Å². The maximum Gasteiger partial charge on any atom is 0.143 e. The van der Waals surface area contributed by atoms with Gasteiger partial charge in [-0.15, -0.1) is 0 Å². The molecule has 0 atom stereocenters. The second-order valence-electron chi connectivity index (χ2n) is 4.14. The molecular weight excluding hydrogens is 204 g/mol. The Morgan fingerprint density at radius 1 is 1.50 bits per heavy atom. The lowest BCUT2D eigenvalue weighted by atomic mass is 10.1. The number of piperidine rings is 1. The third kappa shape index (κ3) is 2.84. The van der Waals surface area contributed by atoms with E-state index in [0.29, 0.717) is 11.9 Å². The molecular formula is C11H18N4O. The highest BCUT2D eigenvalue weighted by Crippen LogP contribution is 2.19. The van der Waals surface area contributed by atoms with Gasteiger partial charge in [0.2, 0.25) is 0 Å². The van der Waals surface area contributed by atoms with E-state index < -0.39 is 0 Å². The van der Waals surface area contributed by atoms with Crippen molar-refractivity contribution in [2.75, 3.05) is 25.6 Å². The molecule has 3 N–H and O–H groups in total. The summed E-state index contributed by atoms with van der Waals surface area (Å²) in [4.78, 5) is 6.36. The van der Waals surface area contributed by atoms with E-state index in [1.54, 1.807) is 6.20 Å². The molecule has 16 heavy (non-hydrogen) atoms. The predicted octanol–water partition coefficient (Wildman–Crippen LogP) is 0.840. The molecule has 0 unspecified atom stereocenters. The minimum atomic E-state index is 0.309. The van der Waals surface area contributed by atoms with Crippen LogP contribution >= 0.6 is 0 Å². The zero-order valence-electron chi connectivity index (χ0n) is 9.52. The van der Waals surface area contributed by atoms with Crippen molar-refractivity contribution in [1.82, 2.24) is 9.88 Å². The van der Waals surface area contributed by atoms with Crippen molar-refractivity contribution in [2.24, 2.45) is 5.84 Å². The van der Waals surface area contributed by atoms with Crippen molar-refractivity contribution < 1.29 is 4.74 Å². The van der Waals surface area contributed by atoms with Crippen molar-refractivity contribution >= 4 is 5.82 Å². The van der Waals surface area contributed by atoms with Crippen LogP contribution < -0.4 is 16.0 Å². The van der Waals surface area contributed by atoms with Crippen LogP contribution in [0.1, 0.15) is 12.8 Å². The molecule has 0 amide bonds. The van der Waals surface area contributed by atoms with E-state index in [-0.39, 0.29) is 0 Å². The monoisotopic (exact) mass is 222 g/mol. The molecule has 0 bridgehead atoms. The van der Waals surface area contributed by atoms with Gasteiger partial charge in [-0.1, -0.05) is 0 Å². The number of hydrogen-bond donors (Lipinski definition) is 2. The Kier molecular flexibility index (Phi) is 3.58. The number of nitrogens with zero attached hydrogens (tertiary/aromatic N) is 2. The van der Waals surface area contributed by atoms with Crippen LogP contribution in [0.4, 0.5) is 5.82 Å². The largest absolute Gasteiger partial charge is 0.490 e. The third-order valence-electron chi connectivity index (χ3n) is 2.85. The first-order valence-electron chi connectivity index (χ1n) is 5.56. The minimum absolute atomic E-state index is 0.309. The molecule has 1 aromatic heterocycles. The molecule has 0 spiro atoms. The summed E-state index contributed by atoms with van der Waals surface area (Å²) in [6, 6.07) is 3.68. The fraction of sp³-hybridized carbons (Fsp3) is 0.545. The highest BCUT2D eigenvalue weighted by Gasteiger charge is 2.17. The predicted molar refractivity (Wildman–Crippen MR) is 63.2 cm³/mol. The van der Waals surface area contributed by atoms with Crippen molar-refractivity contribution in [3.8, 4) is 5.75 Å². The molecule has 5 nitrogen and oxygen atoms in total. The number of aromatic nitrogens is 1. The summed E-state index contributed by atoms with van der Waals surface area (Å²) in [6.45, 7) is 2.19. The number of hydrogen-bond acceptors (Lipinski definition) is 5. The number of anilines is 1. The normalized spacial score (nSPS) is 18.4. The van der Waals surface area contributed by atoms with Gasteiger partial charge in [0.15, 0.2) is 0 Å². The van der Waals surface area contributed by atoms with Crippen molar-refractivity contribution in [2.45, 2.75) is 18.9 Å². The first-order chi connectivity index (χ1) is 7.78. The van der Waals surface area contributed by atoms with Gasteiger partial charge < -0.3 is 15.1 Å². The van der Waals surface area contributed by atoms with Gasteiger partial charge in [0.05, 0.1) is 0 Å². The van der Waals surface area contributed by atoms with Gasteiger partial charge in [0.25, 0.3) is 0 Å². The average molecular weight is 222 g/mol. The van der Waals surface area contributed by atoms with Crippen LogP contribution in [0.5, 0.6) is 5.75 Å². The van der Waals surface area contributed by atoms with E-state index in [4.69, 9.17) is 10.6 Å². The molecule has 2 rings (SSSR count). The Hall–Kier alpha value is -1.33. The molecule has 1 saturated heterocycles. The number of nitrogen functional groups attached to an aromatic ring is 1. The third-order valence-corrected chi connectivity index (χ3v) is 2.85. The quantitative estimate of drug-likeness (QED) is 0.586. The van der Waals surface area contributed by atoms with E-state index in [2.05, 4.69) is 22.4 Å². The summed E-state index contributed by atoms with van der Waals surface area (Å²) >= 11 is 0. The van der Waals surface area contributed by atoms with Crippen LogP contribution in [-0.4, -0.2) is 36.1 Å². The number of nitrogens with one attached hydrogen (secondary N) is 1. The summed E-state index contributed by atoms with van der Waals surface area (Å²) in [5.74, 6) is 6.76. The van der Waals surface area contributed by atoms with E-state index >= 15 is 0 Å². The van der Waals surface area contributed by atoms with Gasteiger partial charge in [0, 0.05) is 25.4 Å². The Labute approximate surface area is 95.6 Å². The zero-order valence-corrected chi connectivity index (χ0v) is 9.52. The SMILES string of the molecule is CN1CCC(Oc2ccnc(NN)c2)CC1. The van der Waals surface area contributed by atoms with E-state index in [1.807, 2.05) is 12.1 Å². The molecule has 0 aromatic carbocycles. The lowest BCUT2D eigenvalue weighted by Crippen LogP contribution is -2.35. The minimum Gasteiger partial charge on any atom is -0.490 e. The Morgan fingerprint density at radius 2 is 2.25 bits per heavy atom. The standard InChI is InChI=1S/C11H18N4O/c1-15-6-3-9(4-7-15)16-10-2-5-13-11(8-10)14-12/h2,5,8-9H,3-4,6-7,12H2,1H3,(H,13,14). The number of nitrogens with two attached hydrogens (primary N) is 1. The van der Waals surface area contributed by atoms with Crippen molar-refractivity contribution in [3.05, 3.63) is 18.3 Å². The Bertz CT molecular complexity index is 337. The van der Waals surface area contributed by atoms with Crippen LogP contribution in [0.25, 0.3) is 0 Å². The summed E-state index contributed by atoms with van der Waals surface area (Å²) in [5.41, 5.74) is 2.51. The van der Waals surface area contributed by atoms with Gasteiger partial charge in [0.1, 0.15) is 17.7 Å². The lowest BCUT2D eigenvalue weighted by molar-refractivity contribution is 0.114. The summed E-state index contributed by atoms with van der Waals surface area (Å²) in [6.07, 6.45) is 4.15. The van der Waals surface area contributed by atoms with Crippen LogP contribution in [-0.2, 0) is 0 Å². The fourth-order valence-electron chi connectivity index (χ4n) is 1.86. The highest BCUT2D eigenvalue weighted by molar-refractivity contribution is 5.39. The number of pyridine rings is 1. The van der Waals surface area contributed by atoms with Crippen LogP contribution in [0.3, 0.4) is 0 Å². The van der Waals surface area contributed by atoms with Crippen molar-refractivity contribution in [3.63, 3.8) is 0 Å². The molecule has 5 heteroatoms. The van der Waals surface area contributed by atoms with E-state index in [9.17, 15) is 0 Å². The Balaban J connectivity index is 1.93. The molecule has 88 valence electrons. The molecule has 1 fully saturated rings. The number of likely N-dealkylation sites (tertiary alicyclic amines) is 1. The van der Waals surface area contributed by atoms with Gasteiger partial charge in [-0.3, -0.25) is 0 Å². The number of rotatable bonds is 3. The number of hydrazine groups is 1. The zero-order chi connectivity index (χ0) is 11.4. The van der Waals surface area contributed by atoms with Crippen LogP contribution in [0.15, 0.2) is 18.3 Å². The highest BCUT2D eigenvalue weighted by atomic mass is 16.5. The fourth-order valence-corrected chi connectivity index (χ4v) is 1.86. The smallest absolute Gasteiger partial charge is 0.143 e. The first-order valence-corrected chi connectivity index (χ1v) is 5.56. The molecule has 1 aliphatic heterocycles. The molecule has 1 aliphatic rings. The molecule has 0 aliphatic carbocycles. The van der Waals surface area contributed by atoms with Gasteiger partial charge in [-0.2, -0.15) is 0 Å². The Morgan fingerprint density at radius 3 is 2.94 bits per heavy atom. The maximum atomic E-state index is 5.88. The van der Waals surface area contributed by atoms with E-state index in [1.165, 1.54) is 0 Å². The molecule has 0 saturated carbocycles. The number of ether oxygens (including phenoxy) is 1. The average Bonchev–Trinajstić information content (AvgIpc) is 2.32. The molecule has 2 heterocycles. The summed E-state index contributed by atoms with van der Waals surface area (Å²) < 4.78 is 5.88. The van der Waals surface area contributed by atoms with E-state index in [0.717, 1.165) is 31.7 Å². The maximum absolute atomic E-state index is 5.88. The summed E-state index contributed by atoms with van der Waals surface area (Å²) in [7, 11) is 2.14. The summed E-state index contributed by atoms with van der Waals surface area (Å²) in [5, 5.41) is 0. The topological polar surface area (TPSA) is 63.4 Å². The molecule has 0 radical (unpaired) electrons.